The van der Waals surface area contributed by atoms with Crippen molar-refractivity contribution in [3.05, 3.63) is 17.3 Å². The second kappa shape index (κ2) is 2.59. The highest BCUT2D eigenvalue weighted by Gasteiger charge is 2.16. The van der Waals surface area contributed by atoms with Crippen molar-refractivity contribution in [2.75, 3.05) is 0 Å². The largest absolute Gasteiger partial charge is 0.113 e. The molecular formula is C6H8Cl2. The number of hydrogen-bond acceptors (Lipinski definition) is 0. The molecule has 0 bridgehead atoms. The number of halogens is 2. The van der Waals surface area contributed by atoms with E-state index in [1.807, 2.05) is 0 Å². The fourth-order valence-corrected chi connectivity index (χ4v) is 0.277. The van der Waals surface area contributed by atoms with Gasteiger partial charge in [-0.25, -0.2) is 0 Å². The molecule has 0 rings (SSSR count). The van der Waals surface area contributed by atoms with E-state index >= 15 is 0 Å². The van der Waals surface area contributed by atoms with E-state index in [-0.39, 0.29) is 0 Å². The van der Waals surface area contributed by atoms with Crippen molar-refractivity contribution in [2.24, 2.45) is 0 Å². The van der Waals surface area contributed by atoms with E-state index in [4.69, 9.17) is 23.2 Å². The van der Waals surface area contributed by atoms with Crippen molar-refractivity contribution < 1.29 is 0 Å². The molecule has 0 saturated heterocycles. The van der Waals surface area contributed by atoms with Crippen LogP contribution in [0.2, 0.25) is 0 Å². The second-order valence-electron chi connectivity index (χ2n) is 1.96. The van der Waals surface area contributed by atoms with Gasteiger partial charge in [0.05, 0.1) is 9.91 Å². The second-order valence-corrected chi connectivity index (χ2v) is 3.29. The molecule has 0 spiro atoms. The van der Waals surface area contributed by atoms with Crippen molar-refractivity contribution in [3.8, 4) is 0 Å². The molecule has 0 amide bonds. The zero-order chi connectivity index (χ0) is 6.78. The van der Waals surface area contributed by atoms with Crippen LogP contribution in [-0.4, -0.2) is 4.87 Å². The maximum absolute atomic E-state index is 5.71. The Morgan fingerprint density at radius 3 is 2.00 bits per heavy atom. The summed E-state index contributed by atoms with van der Waals surface area (Å²) in [5, 5.41) is 0.458. The average Bonchev–Trinajstić information content (AvgIpc) is 1.62. The van der Waals surface area contributed by atoms with Crippen molar-refractivity contribution in [1.29, 1.82) is 0 Å². The van der Waals surface area contributed by atoms with Crippen LogP contribution >= 0.6 is 23.2 Å². The van der Waals surface area contributed by atoms with Gasteiger partial charge >= 0.3 is 0 Å². The molecule has 8 heavy (non-hydrogen) atoms. The lowest BCUT2D eigenvalue weighted by atomic mass is 10.2. The fourth-order valence-electron chi connectivity index (χ4n) is 0.210. The van der Waals surface area contributed by atoms with Gasteiger partial charge in [0.25, 0.3) is 0 Å². The Bertz CT molecular complexity index is 124. The van der Waals surface area contributed by atoms with E-state index in [2.05, 4.69) is 12.3 Å². The Kier molecular flexibility index (Phi) is 2.62. The van der Waals surface area contributed by atoms with Crippen LogP contribution in [0.4, 0.5) is 0 Å². The molecule has 46 valence electrons. The molecule has 0 radical (unpaired) electrons. The smallest absolute Gasteiger partial charge is 0.0818 e. The summed E-state index contributed by atoms with van der Waals surface area (Å²) in [6.45, 7) is 6.92. The van der Waals surface area contributed by atoms with Gasteiger partial charge in [-0.2, -0.15) is 0 Å². The van der Waals surface area contributed by atoms with Crippen molar-refractivity contribution in [2.45, 2.75) is 18.7 Å². The van der Waals surface area contributed by atoms with Gasteiger partial charge < -0.3 is 0 Å². The lowest BCUT2D eigenvalue weighted by Crippen LogP contribution is -2.08. The zero-order valence-corrected chi connectivity index (χ0v) is 6.47. The van der Waals surface area contributed by atoms with Crippen LogP contribution in [-0.2, 0) is 0 Å². The molecular weight excluding hydrogens is 143 g/mol. The van der Waals surface area contributed by atoms with Gasteiger partial charge in [0.1, 0.15) is 0 Å². The third-order valence-corrected chi connectivity index (χ3v) is 1.57. The molecule has 0 nitrogen and oxygen atoms in total. The summed E-state index contributed by atoms with van der Waals surface area (Å²) in [5.41, 5.74) is 2.51. The molecule has 0 fully saturated rings. The molecule has 0 aliphatic heterocycles. The highest BCUT2D eigenvalue weighted by atomic mass is 35.5. The number of allylic oxidation sites excluding steroid dienone is 1. The molecule has 0 aromatic carbocycles. The predicted molar refractivity (Wildman–Crippen MR) is 38.4 cm³/mol. The summed E-state index contributed by atoms with van der Waals surface area (Å²) in [6, 6.07) is 0. The molecule has 0 aromatic heterocycles. The molecule has 0 aromatic rings. The van der Waals surface area contributed by atoms with E-state index < -0.39 is 4.87 Å². The van der Waals surface area contributed by atoms with E-state index in [0.29, 0.717) is 5.03 Å². The Morgan fingerprint density at radius 2 is 2.00 bits per heavy atom. The van der Waals surface area contributed by atoms with Crippen molar-refractivity contribution in [3.63, 3.8) is 0 Å². The molecule has 0 unspecified atom stereocenters. The zero-order valence-electron chi connectivity index (χ0n) is 4.96. The first-order chi connectivity index (χ1) is 3.48. The van der Waals surface area contributed by atoms with Gasteiger partial charge in [-0.05, 0) is 13.8 Å². The normalized spacial score (nSPS) is 10.5. The van der Waals surface area contributed by atoms with E-state index in [1.165, 1.54) is 0 Å². The number of hydrogen-bond donors (Lipinski definition) is 0. The summed E-state index contributed by atoms with van der Waals surface area (Å²) in [4.78, 5) is -0.511. The van der Waals surface area contributed by atoms with Crippen LogP contribution in [0.3, 0.4) is 0 Å². The van der Waals surface area contributed by atoms with Gasteiger partial charge in [-0.3, -0.25) is 0 Å². The molecule has 0 heterocycles. The van der Waals surface area contributed by atoms with Crippen LogP contribution < -0.4 is 0 Å². The van der Waals surface area contributed by atoms with E-state index in [1.54, 1.807) is 13.8 Å². The number of alkyl halides is 1. The standard InChI is InChI=1S/C6H8Cl2/c1-4-5(7)6(2,3)8/h1H2,2-3H3. The van der Waals surface area contributed by atoms with Gasteiger partial charge in [-0.15, -0.1) is 17.3 Å². The number of rotatable bonds is 1. The summed E-state index contributed by atoms with van der Waals surface area (Å²) >= 11 is 11.3. The SMILES string of the molecule is C=C=C(Cl)C(C)(C)Cl. The van der Waals surface area contributed by atoms with E-state index in [9.17, 15) is 0 Å². The summed E-state index contributed by atoms with van der Waals surface area (Å²) in [6.07, 6.45) is 0. The van der Waals surface area contributed by atoms with E-state index in [0.717, 1.165) is 0 Å². The monoisotopic (exact) mass is 150 g/mol. The van der Waals surface area contributed by atoms with Gasteiger partial charge in [-0.1, -0.05) is 18.2 Å². The molecule has 0 atom stereocenters. The van der Waals surface area contributed by atoms with Crippen LogP contribution in [0.15, 0.2) is 17.3 Å². The minimum atomic E-state index is -0.511. The summed E-state index contributed by atoms with van der Waals surface area (Å²) < 4.78 is 0. The third-order valence-electron chi connectivity index (χ3n) is 0.677. The first-order valence-electron chi connectivity index (χ1n) is 2.23. The highest BCUT2D eigenvalue weighted by molar-refractivity contribution is 6.39. The Morgan fingerprint density at radius 1 is 1.62 bits per heavy atom. The van der Waals surface area contributed by atoms with Crippen molar-refractivity contribution in [1.82, 2.24) is 0 Å². The molecule has 0 saturated carbocycles. The van der Waals surface area contributed by atoms with Gasteiger partial charge in [0.2, 0.25) is 0 Å². The maximum Gasteiger partial charge on any atom is 0.0818 e. The predicted octanol–water partition coefficient (Wildman–Crippen LogP) is 2.91. The summed E-state index contributed by atoms with van der Waals surface area (Å²) in [5.74, 6) is 0. The Labute approximate surface area is 59.8 Å². The lowest BCUT2D eigenvalue weighted by Gasteiger charge is -2.10. The van der Waals surface area contributed by atoms with Gasteiger partial charge in [0, 0.05) is 0 Å². The molecule has 2 heteroatoms. The topological polar surface area (TPSA) is 0 Å². The average molecular weight is 151 g/mol. The van der Waals surface area contributed by atoms with Crippen molar-refractivity contribution >= 4 is 23.2 Å². The maximum atomic E-state index is 5.71. The summed E-state index contributed by atoms with van der Waals surface area (Å²) in [7, 11) is 0. The Balaban J connectivity index is 4.26. The molecule has 0 N–H and O–H groups in total. The molecule has 0 aliphatic rings. The van der Waals surface area contributed by atoms with Crippen LogP contribution in [0, 0.1) is 0 Å². The van der Waals surface area contributed by atoms with Gasteiger partial charge in [0.15, 0.2) is 0 Å². The Hall–Kier alpha value is 0.100. The minimum Gasteiger partial charge on any atom is -0.113 e. The lowest BCUT2D eigenvalue weighted by molar-refractivity contribution is 0.866. The first-order valence-corrected chi connectivity index (χ1v) is 2.99. The highest BCUT2D eigenvalue weighted by Crippen LogP contribution is 2.25. The quantitative estimate of drug-likeness (QED) is 0.399. The van der Waals surface area contributed by atoms with Crippen LogP contribution in [0.5, 0.6) is 0 Å². The van der Waals surface area contributed by atoms with Crippen LogP contribution in [0.25, 0.3) is 0 Å². The third kappa shape index (κ3) is 2.42. The molecule has 0 aliphatic carbocycles. The van der Waals surface area contributed by atoms with Crippen LogP contribution in [0.1, 0.15) is 13.8 Å². The first kappa shape index (κ1) is 8.10. The fraction of sp³-hybridized carbons (Fsp3) is 0.500. The minimum absolute atomic E-state index is 0.458.